The van der Waals surface area contributed by atoms with Crippen molar-refractivity contribution < 1.29 is 23.9 Å². The van der Waals surface area contributed by atoms with E-state index in [0.29, 0.717) is 25.1 Å². The van der Waals surface area contributed by atoms with Gasteiger partial charge < -0.3 is 20.9 Å². The number of hydrogen-bond acceptors (Lipinski definition) is 6. The second kappa shape index (κ2) is 15.0. The summed E-state index contributed by atoms with van der Waals surface area (Å²) in [6, 6.07) is 7.60. The molecule has 8 nitrogen and oxygen atoms in total. The number of esters is 1. The number of carbonyl (C=O) groups excluding carboxylic acids is 3. The summed E-state index contributed by atoms with van der Waals surface area (Å²) in [5.74, 6) is 0.793. The fourth-order valence-electron chi connectivity index (χ4n) is 2.09. The molecule has 0 bridgehead atoms. The zero-order valence-electron chi connectivity index (χ0n) is 16.2. The molecule has 1 aromatic carbocycles. The molecular weight excluding hydrogens is 362 g/mol. The summed E-state index contributed by atoms with van der Waals surface area (Å²) < 4.78 is 10.5. The van der Waals surface area contributed by atoms with Crippen molar-refractivity contribution in [1.29, 1.82) is 0 Å². The first-order valence-electron chi connectivity index (χ1n) is 8.31. The minimum Gasteiger partial charge on any atom is -0.492 e. The lowest BCUT2D eigenvalue weighted by Crippen LogP contribution is -2.23. The number of guanidine groups is 1. The van der Waals surface area contributed by atoms with Gasteiger partial charge in [0.05, 0.1) is 13.7 Å². The Balaban J connectivity index is 0. The first kappa shape index (κ1) is 27.1. The summed E-state index contributed by atoms with van der Waals surface area (Å²) in [4.78, 5) is 32.1. The third-order valence-corrected chi connectivity index (χ3v) is 3.73. The molecule has 0 heterocycles. The molecule has 156 valence electrons. The molecule has 8 heteroatoms. The largest absolute Gasteiger partial charge is 0.492 e. The van der Waals surface area contributed by atoms with Crippen LogP contribution in [-0.2, 0) is 25.5 Å². The lowest BCUT2D eigenvalue weighted by atomic mass is 9.94. The van der Waals surface area contributed by atoms with E-state index >= 15 is 0 Å². The summed E-state index contributed by atoms with van der Waals surface area (Å²) in [6.45, 7) is 6.90. The summed E-state index contributed by atoms with van der Waals surface area (Å²) in [5, 5.41) is 0. The Bertz CT molecular complexity index is 684. The standard InChI is InChI=1S/C18H27N3O3.CO2.CH4/c1-12(2)13(3)16(17(22)23-4)11-14-5-7-15(8-6-14)24-10-9-21-18(19)20;2-1-3;/h5-8,12H,9-11H2,1-4H3,(H4,19,20,21);;1H4/b16-13+;;. The highest BCUT2D eigenvalue weighted by atomic mass is 16.5. The third-order valence-electron chi connectivity index (χ3n) is 3.73. The average Bonchev–Trinajstić information content (AvgIpc) is 2.63. The van der Waals surface area contributed by atoms with Gasteiger partial charge in [0.1, 0.15) is 12.4 Å². The predicted molar refractivity (Wildman–Crippen MR) is 108 cm³/mol. The molecule has 0 aliphatic heterocycles. The lowest BCUT2D eigenvalue weighted by Gasteiger charge is -2.14. The van der Waals surface area contributed by atoms with Gasteiger partial charge in [-0.15, -0.1) is 0 Å². The number of hydrogen-bond donors (Lipinski definition) is 2. The van der Waals surface area contributed by atoms with Crippen molar-refractivity contribution in [2.45, 2.75) is 34.6 Å². The van der Waals surface area contributed by atoms with Crippen LogP contribution in [0.5, 0.6) is 5.75 Å². The molecule has 28 heavy (non-hydrogen) atoms. The van der Waals surface area contributed by atoms with Gasteiger partial charge in [-0.3, -0.25) is 4.99 Å². The number of carbonyl (C=O) groups is 1. The third kappa shape index (κ3) is 10.8. The van der Waals surface area contributed by atoms with E-state index in [-0.39, 0.29) is 31.4 Å². The molecule has 0 fully saturated rings. The molecule has 4 N–H and O–H groups in total. The Kier molecular flexibility index (Phi) is 14.5. The molecular formula is C20H31N3O5. The Labute approximate surface area is 166 Å². The predicted octanol–water partition coefficient (Wildman–Crippen LogP) is 2.08. The number of ether oxygens (including phenoxy) is 2. The van der Waals surface area contributed by atoms with Crippen LogP contribution in [0.2, 0.25) is 0 Å². The number of allylic oxidation sites excluding steroid dienone is 1. The van der Waals surface area contributed by atoms with Crippen molar-refractivity contribution >= 4 is 18.1 Å². The Morgan fingerprint density at radius 2 is 1.71 bits per heavy atom. The van der Waals surface area contributed by atoms with Gasteiger partial charge in [-0.2, -0.15) is 9.59 Å². The van der Waals surface area contributed by atoms with E-state index in [4.69, 9.17) is 30.5 Å². The maximum absolute atomic E-state index is 12.0. The minimum atomic E-state index is -0.279. The zero-order chi connectivity index (χ0) is 20.8. The Morgan fingerprint density at radius 1 is 1.18 bits per heavy atom. The number of methoxy groups -OCH3 is 1. The number of nitrogens with zero attached hydrogens (tertiary/aromatic N) is 1. The summed E-state index contributed by atoms with van der Waals surface area (Å²) in [7, 11) is 1.41. The number of rotatable bonds is 8. The number of aliphatic imine (C=N–C) groups is 1. The van der Waals surface area contributed by atoms with Gasteiger partial charge in [0.25, 0.3) is 0 Å². The van der Waals surface area contributed by atoms with Crippen LogP contribution in [0, 0.1) is 5.92 Å². The summed E-state index contributed by atoms with van der Waals surface area (Å²) in [5.41, 5.74) is 13.3. The normalized spacial score (nSPS) is 10.3. The average molecular weight is 393 g/mol. The van der Waals surface area contributed by atoms with Gasteiger partial charge in [0, 0.05) is 12.0 Å². The van der Waals surface area contributed by atoms with Gasteiger partial charge in [-0.25, -0.2) is 4.79 Å². The first-order chi connectivity index (χ1) is 12.8. The van der Waals surface area contributed by atoms with Gasteiger partial charge in [-0.05, 0) is 30.5 Å². The number of benzene rings is 1. The number of nitrogens with two attached hydrogens (primary N) is 2. The maximum atomic E-state index is 12.0. The van der Waals surface area contributed by atoms with E-state index in [1.54, 1.807) is 0 Å². The molecule has 0 saturated heterocycles. The van der Waals surface area contributed by atoms with Crippen molar-refractivity contribution in [1.82, 2.24) is 0 Å². The van der Waals surface area contributed by atoms with Crippen LogP contribution in [0.4, 0.5) is 0 Å². The van der Waals surface area contributed by atoms with Crippen molar-refractivity contribution in [3.05, 3.63) is 41.0 Å². The van der Waals surface area contributed by atoms with Crippen molar-refractivity contribution in [2.24, 2.45) is 22.4 Å². The zero-order valence-corrected chi connectivity index (χ0v) is 16.2. The van der Waals surface area contributed by atoms with E-state index in [0.717, 1.165) is 16.9 Å². The molecule has 0 spiro atoms. The molecule has 0 aromatic heterocycles. The van der Waals surface area contributed by atoms with E-state index < -0.39 is 0 Å². The molecule has 0 atom stereocenters. The van der Waals surface area contributed by atoms with Crippen LogP contribution in [-0.4, -0.2) is 38.3 Å². The van der Waals surface area contributed by atoms with Crippen molar-refractivity contribution in [2.75, 3.05) is 20.3 Å². The Morgan fingerprint density at radius 3 is 2.14 bits per heavy atom. The monoisotopic (exact) mass is 393 g/mol. The molecule has 0 amide bonds. The molecule has 0 unspecified atom stereocenters. The highest BCUT2D eigenvalue weighted by molar-refractivity contribution is 5.89. The SMILES string of the molecule is C.COC(=O)/C(Cc1ccc(OCCN=C(N)N)cc1)=C(\C)C(C)C.O=C=O. The van der Waals surface area contributed by atoms with E-state index in [9.17, 15) is 4.79 Å². The van der Waals surface area contributed by atoms with Crippen LogP contribution < -0.4 is 16.2 Å². The molecule has 0 aliphatic carbocycles. The van der Waals surface area contributed by atoms with Gasteiger partial charge >= 0.3 is 12.1 Å². The fraction of sp³-hybridized carbons (Fsp3) is 0.450. The molecule has 1 rings (SSSR count). The van der Waals surface area contributed by atoms with E-state index in [2.05, 4.69) is 18.8 Å². The minimum absolute atomic E-state index is 0. The maximum Gasteiger partial charge on any atom is 0.373 e. The Hall–Kier alpha value is -3.12. The van der Waals surface area contributed by atoms with Crippen LogP contribution in [0.25, 0.3) is 0 Å². The van der Waals surface area contributed by atoms with Crippen LogP contribution >= 0.6 is 0 Å². The van der Waals surface area contributed by atoms with Crippen LogP contribution in [0.1, 0.15) is 33.8 Å². The highest BCUT2D eigenvalue weighted by Gasteiger charge is 2.16. The first-order valence-corrected chi connectivity index (χ1v) is 8.31. The highest BCUT2D eigenvalue weighted by Crippen LogP contribution is 2.21. The smallest absolute Gasteiger partial charge is 0.373 e. The second-order valence-electron chi connectivity index (χ2n) is 5.87. The van der Waals surface area contributed by atoms with E-state index in [1.165, 1.54) is 7.11 Å². The van der Waals surface area contributed by atoms with Gasteiger partial charge in [0.15, 0.2) is 5.96 Å². The second-order valence-corrected chi connectivity index (χ2v) is 5.87. The van der Waals surface area contributed by atoms with E-state index in [1.807, 2.05) is 31.2 Å². The van der Waals surface area contributed by atoms with Crippen LogP contribution in [0.15, 0.2) is 40.4 Å². The lowest BCUT2D eigenvalue weighted by molar-refractivity contribution is -0.191. The summed E-state index contributed by atoms with van der Waals surface area (Å²) in [6.07, 6.45) is 0.783. The van der Waals surface area contributed by atoms with Gasteiger partial charge in [-0.1, -0.05) is 39.0 Å². The van der Waals surface area contributed by atoms with Crippen LogP contribution in [0.3, 0.4) is 0 Å². The van der Waals surface area contributed by atoms with Crippen molar-refractivity contribution in [3.63, 3.8) is 0 Å². The van der Waals surface area contributed by atoms with Gasteiger partial charge in [0.2, 0.25) is 0 Å². The molecule has 1 aromatic rings. The fourth-order valence-corrected chi connectivity index (χ4v) is 2.09. The molecule has 0 radical (unpaired) electrons. The topological polar surface area (TPSA) is 134 Å². The molecule has 0 aliphatic rings. The summed E-state index contributed by atoms with van der Waals surface area (Å²) >= 11 is 0. The quantitative estimate of drug-likeness (QED) is 0.227. The van der Waals surface area contributed by atoms with Crippen molar-refractivity contribution in [3.8, 4) is 5.75 Å². The molecule has 0 saturated carbocycles.